The maximum Gasteiger partial charge on any atom is 0.137 e. The van der Waals surface area contributed by atoms with Gasteiger partial charge in [-0.25, -0.2) is 4.39 Å². The molecule has 5 heteroatoms. The van der Waals surface area contributed by atoms with Crippen LogP contribution in [0.15, 0.2) is 45.3 Å². The largest absolute Gasteiger partial charge is 0.494 e. The summed E-state index contributed by atoms with van der Waals surface area (Å²) in [5.74, 6) is 0.558. The molecule has 0 aliphatic heterocycles. The van der Waals surface area contributed by atoms with E-state index >= 15 is 0 Å². The van der Waals surface area contributed by atoms with Gasteiger partial charge >= 0.3 is 0 Å². The lowest BCUT2D eigenvalue weighted by Gasteiger charge is -2.14. The topological polar surface area (TPSA) is 9.23 Å². The van der Waals surface area contributed by atoms with Crippen molar-refractivity contribution < 1.29 is 9.13 Å². The van der Waals surface area contributed by atoms with Crippen molar-refractivity contribution in [2.75, 3.05) is 6.61 Å². The standard InChI is InChI=1S/C15H12Br3FO/c1-2-20-10-4-5-11(12(16)8-10)15(18)9-3-6-14(19)13(17)7-9/h3-8,15H,2H2,1H3. The molecule has 2 aromatic rings. The molecule has 1 atom stereocenters. The van der Waals surface area contributed by atoms with E-state index in [0.717, 1.165) is 21.3 Å². The Balaban J connectivity index is 2.32. The molecule has 0 aliphatic rings. The number of halogens is 4. The predicted molar refractivity (Wildman–Crippen MR) is 90.2 cm³/mol. The quantitative estimate of drug-likeness (QED) is 0.485. The summed E-state index contributed by atoms with van der Waals surface area (Å²) >= 11 is 10.4. The van der Waals surface area contributed by atoms with Gasteiger partial charge in [-0.2, -0.15) is 0 Å². The van der Waals surface area contributed by atoms with Crippen LogP contribution in [0.1, 0.15) is 22.9 Å². The zero-order chi connectivity index (χ0) is 14.7. The van der Waals surface area contributed by atoms with Crippen molar-refractivity contribution in [2.24, 2.45) is 0 Å². The minimum Gasteiger partial charge on any atom is -0.494 e. The molecule has 0 bridgehead atoms. The van der Waals surface area contributed by atoms with Crippen LogP contribution in [-0.2, 0) is 0 Å². The van der Waals surface area contributed by atoms with Crippen LogP contribution in [0.4, 0.5) is 4.39 Å². The van der Waals surface area contributed by atoms with Gasteiger partial charge in [-0.1, -0.05) is 44.0 Å². The third kappa shape index (κ3) is 3.62. The third-order valence-corrected chi connectivity index (χ3v) is 5.11. The summed E-state index contributed by atoms with van der Waals surface area (Å²) in [5.41, 5.74) is 2.04. The summed E-state index contributed by atoms with van der Waals surface area (Å²) in [7, 11) is 0. The Morgan fingerprint density at radius 1 is 1.10 bits per heavy atom. The van der Waals surface area contributed by atoms with Gasteiger partial charge in [-0.3, -0.25) is 0 Å². The van der Waals surface area contributed by atoms with Crippen molar-refractivity contribution >= 4 is 47.8 Å². The number of hydrogen-bond acceptors (Lipinski definition) is 1. The van der Waals surface area contributed by atoms with Crippen LogP contribution in [0.2, 0.25) is 0 Å². The average molecular weight is 467 g/mol. The van der Waals surface area contributed by atoms with Gasteiger partial charge in [-0.05, 0) is 58.2 Å². The second kappa shape index (κ2) is 7.05. The molecule has 0 aromatic heterocycles. The van der Waals surface area contributed by atoms with E-state index in [4.69, 9.17) is 4.74 Å². The summed E-state index contributed by atoms with van der Waals surface area (Å²) in [6, 6.07) is 10.9. The highest BCUT2D eigenvalue weighted by atomic mass is 79.9. The second-order valence-corrected chi connectivity index (χ2v) is 6.78. The Hall–Kier alpha value is -0.390. The first kappa shape index (κ1) is 16.0. The molecule has 2 aromatic carbocycles. The zero-order valence-corrected chi connectivity index (χ0v) is 15.4. The first-order valence-electron chi connectivity index (χ1n) is 6.04. The molecule has 0 saturated carbocycles. The van der Waals surface area contributed by atoms with Crippen molar-refractivity contribution in [2.45, 2.75) is 11.8 Å². The summed E-state index contributed by atoms with van der Waals surface area (Å²) in [6.07, 6.45) is 0. The lowest BCUT2D eigenvalue weighted by Crippen LogP contribution is -1.97. The van der Waals surface area contributed by atoms with Crippen LogP contribution >= 0.6 is 47.8 Å². The highest BCUT2D eigenvalue weighted by Gasteiger charge is 2.15. The molecule has 0 heterocycles. The number of ether oxygens (including phenoxy) is 1. The Bertz CT molecular complexity index is 616. The van der Waals surface area contributed by atoms with Gasteiger partial charge in [0.1, 0.15) is 11.6 Å². The molecule has 0 fully saturated rings. The van der Waals surface area contributed by atoms with E-state index in [2.05, 4.69) is 47.8 Å². The van der Waals surface area contributed by atoms with Gasteiger partial charge in [0.05, 0.1) is 15.9 Å². The van der Waals surface area contributed by atoms with E-state index in [1.807, 2.05) is 25.1 Å². The number of benzene rings is 2. The van der Waals surface area contributed by atoms with E-state index in [9.17, 15) is 4.39 Å². The van der Waals surface area contributed by atoms with Gasteiger partial charge < -0.3 is 4.74 Å². The Morgan fingerprint density at radius 2 is 1.85 bits per heavy atom. The van der Waals surface area contributed by atoms with E-state index in [0.29, 0.717) is 11.1 Å². The summed E-state index contributed by atoms with van der Waals surface area (Å²) in [5, 5.41) is 0. The molecule has 1 nitrogen and oxygen atoms in total. The average Bonchev–Trinajstić information content (AvgIpc) is 2.42. The van der Waals surface area contributed by atoms with Gasteiger partial charge in [-0.15, -0.1) is 0 Å². The normalized spacial score (nSPS) is 12.2. The van der Waals surface area contributed by atoms with Gasteiger partial charge in [0.2, 0.25) is 0 Å². The lowest BCUT2D eigenvalue weighted by atomic mass is 10.0. The van der Waals surface area contributed by atoms with E-state index < -0.39 is 0 Å². The maximum atomic E-state index is 13.3. The van der Waals surface area contributed by atoms with Crippen molar-refractivity contribution in [3.8, 4) is 5.75 Å². The van der Waals surface area contributed by atoms with Crippen LogP contribution in [0.5, 0.6) is 5.75 Å². The first-order valence-corrected chi connectivity index (χ1v) is 8.54. The smallest absolute Gasteiger partial charge is 0.137 e. The Labute approximate surface area is 142 Å². The molecule has 0 spiro atoms. The highest BCUT2D eigenvalue weighted by Crippen LogP contribution is 2.38. The lowest BCUT2D eigenvalue weighted by molar-refractivity contribution is 0.340. The second-order valence-electron chi connectivity index (χ2n) is 4.15. The maximum absolute atomic E-state index is 13.3. The Kier molecular flexibility index (Phi) is 5.64. The first-order chi connectivity index (χ1) is 9.52. The van der Waals surface area contributed by atoms with Crippen LogP contribution in [-0.4, -0.2) is 6.61 Å². The molecular formula is C15H12Br3FO. The highest BCUT2D eigenvalue weighted by molar-refractivity contribution is 9.11. The molecule has 0 N–H and O–H groups in total. The number of rotatable bonds is 4. The fourth-order valence-corrected chi connectivity index (χ4v) is 3.79. The van der Waals surface area contributed by atoms with Crippen molar-refractivity contribution in [3.05, 3.63) is 62.3 Å². The van der Waals surface area contributed by atoms with Crippen LogP contribution < -0.4 is 4.74 Å². The van der Waals surface area contributed by atoms with Crippen molar-refractivity contribution in [1.82, 2.24) is 0 Å². The van der Waals surface area contributed by atoms with E-state index in [-0.39, 0.29) is 10.6 Å². The third-order valence-electron chi connectivity index (χ3n) is 2.79. The molecule has 106 valence electrons. The summed E-state index contributed by atoms with van der Waals surface area (Å²) in [6.45, 7) is 2.58. The number of hydrogen-bond donors (Lipinski definition) is 0. The van der Waals surface area contributed by atoms with Gasteiger partial charge in [0.25, 0.3) is 0 Å². The van der Waals surface area contributed by atoms with Crippen LogP contribution in [0.3, 0.4) is 0 Å². The molecule has 0 radical (unpaired) electrons. The Morgan fingerprint density at radius 3 is 2.45 bits per heavy atom. The molecule has 2 rings (SSSR count). The molecule has 0 saturated heterocycles. The monoisotopic (exact) mass is 464 g/mol. The zero-order valence-electron chi connectivity index (χ0n) is 10.7. The minimum absolute atomic E-state index is 0.0237. The molecule has 1 unspecified atom stereocenters. The van der Waals surface area contributed by atoms with Crippen LogP contribution in [0, 0.1) is 5.82 Å². The molecule has 0 amide bonds. The summed E-state index contributed by atoms with van der Waals surface area (Å²) < 4.78 is 20.2. The van der Waals surface area contributed by atoms with E-state index in [1.54, 1.807) is 12.1 Å². The summed E-state index contributed by atoms with van der Waals surface area (Å²) in [4.78, 5) is -0.0237. The molecular weight excluding hydrogens is 455 g/mol. The van der Waals surface area contributed by atoms with Crippen molar-refractivity contribution in [1.29, 1.82) is 0 Å². The molecule has 20 heavy (non-hydrogen) atoms. The minimum atomic E-state index is -0.265. The predicted octanol–water partition coefficient (Wildman–Crippen LogP) is 6.23. The SMILES string of the molecule is CCOc1ccc(C(Br)c2ccc(F)c(Br)c2)c(Br)c1. The fourth-order valence-electron chi connectivity index (χ4n) is 1.82. The van der Waals surface area contributed by atoms with E-state index in [1.165, 1.54) is 6.07 Å². The molecule has 0 aliphatic carbocycles. The van der Waals surface area contributed by atoms with Crippen LogP contribution in [0.25, 0.3) is 0 Å². The van der Waals surface area contributed by atoms with Gasteiger partial charge in [0, 0.05) is 4.47 Å². The number of alkyl halides is 1. The van der Waals surface area contributed by atoms with Gasteiger partial charge in [0.15, 0.2) is 0 Å². The van der Waals surface area contributed by atoms with Crippen molar-refractivity contribution in [3.63, 3.8) is 0 Å². The fraction of sp³-hybridized carbons (Fsp3) is 0.200.